The lowest BCUT2D eigenvalue weighted by Crippen LogP contribution is -1.97. The molecule has 4 aromatic carbocycles. The van der Waals surface area contributed by atoms with Crippen LogP contribution in [0.4, 0.5) is 0 Å². The lowest BCUT2D eigenvalue weighted by atomic mass is 9.97. The van der Waals surface area contributed by atoms with Crippen molar-refractivity contribution in [3.63, 3.8) is 0 Å². The number of hydrogen-bond acceptors (Lipinski definition) is 3. The van der Waals surface area contributed by atoms with E-state index in [1.807, 2.05) is 60.7 Å². The first-order chi connectivity index (χ1) is 17.1. The maximum atomic E-state index is 8.76. The fourth-order valence-electron chi connectivity index (χ4n) is 4.03. The third kappa shape index (κ3) is 5.53. The van der Waals surface area contributed by atoms with Gasteiger partial charge in [0.25, 0.3) is 0 Å². The van der Waals surface area contributed by atoms with Gasteiger partial charge in [-0.15, -0.1) is 0 Å². The van der Waals surface area contributed by atoms with E-state index in [9.17, 15) is 0 Å². The van der Waals surface area contributed by atoms with Crippen molar-refractivity contribution in [3.8, 4) is 11.1 Å². The van der Waals surface area contributed by atoms with Gasteiger partial charge in [-0.1, -0.05) is 91.9 Å². The van der Waals surface area contributed by atoms with Crippen molar-refractivity contribution in [2.45, 2.75) is 13.3 Å². The van der Waals surface area contributed by atoms with Gasteiger partial charge in [-0.05, 0) is 70.4 Å². The molecular weight excluding hydrogens is 426 g/mol. The van der Waals surface area contributed by atoms with E-state index < -0.39 is 0 Å². The van der Waals surface area contributed by atoms with E-state index in [1.54, 1.807) is 12.3 Å². The molecule has 35 heavy (non-hydrogen) atoms. The SMILES string of the molecule is C=N/C(=C\C(=N)c1cccc(-c2ccc3ccccc3c2)c1)c1cccc(C(/C=C\CC)=C/N)c1. The van der Waals surface area contributed by atoms with Crippen molar-refractivity contribution in [3.05, 3.63) is 132 Å². The Morgan fingerprint density at radius 2 is 1.54 bits per heavy atom. The number of aliphatic imine (C=N–C) groups is 1. The normalized spacial score (nSPS) is 12.3. The van der Waals surface area contributed by atoms with Gasteiger partial charge < -0.3 is 11.1 Å². The topological polar surface area (TPSA) is 62.2 Å². The quantitative estimate of drug-likeness (QED) is 0.206. The summed E-state index contributed by atoms with van der Waals surface area (Å²) in [6, 6.07) is 30.8. The molecule has 0 saturated carbocycles. The van der Waals surface area contributed by atoms with Gasteiger partial charge in [-0.3, -0.25) is 4.99 Å². The molecule has 0 amide bonds. The molecule has 0 saturated heterocycles. The van der Waals surface area contributed by atoms with Gasteiger partial charge in [-0.25, -0.2) is 0 Å². The molecule has 3 nitrogen and oxygen atoms in total. The summed E-state index contributed by atoms with van der Waals surface area (Å²) in [6.07, 6.45) is 8.40. The van der Waals surface area contributed by atoms with Gasteiger partial charge in [0, 0.05) is 17.3 Å². The minimum absolute atomic E-state index is 0.376. The van der Waals surface area contributed by atoms with Crippen LogP contribution in [0, 0.1) is 5.41 Å². The van der Waals surface area contributed by atoms with Crippen LogP contribution in [0.5, 0.6) is 0 Å². The zero-order valence-corrected chi connectivity index (χ0v) is 19.9. The van der Waals surface area contributed by atoms with Gasteiger partial charge in [0.2, 0.25) is 0 Å². The lowest BCUT2D eigenvalue weighted by Gasteiger charge is -2.09. The molecule has 0 aliphatic rings. The zero-order chi connectivity index (χ0) is 24.6. The lowest BCUT2D eigenvalue weighted by molar-refractivity contribution is 1.22. The number of nitrogens with one attached hydrogen (secondary N) is 1. The van der Waals surface area contributed by atoms with Gasteiger partial charge in [0.05, 0.1) is 11.4 Å². The molecule has 0 unspecified atom stereocenters. The van der Waals surface area contributed by atoms with Crippen molar-refractivity contribution in [2.75, 3.05) is 0 Å². The van der Waals surface area contributed by atoms with E-state index in [1.165, 1.54) is 10.8 Å². The summed E-state index contributed by atoms with van der Waals surface area (Å²) in [7, 11) is 0. The Morgan fingerprint density at radius 3 is 2.31 bits per heavy atom. The Morgan fingerprint density at radius 1 is 0.829 bits per heavy atom. The van der Waals surface area contributed by atoms with Crippen LogP contribution in [-0.2, 0) is 0 Å². The molecule has 0 aliphatic heterocycles. The Kier molecular flexibility index (Phi) is 7.49. The molecule has 3 heteroatoms. The third-order valence-corrected chi connectivity index (χ3v) is 5.91. The van der Waals surface area contributed by atoms with Crippen molar-refractivity contribution in [2.24, 2.45) is 10.7 Å². The summed E-state index contributed by atoms with van der Waals surface area (Å²) in [5, 5.41) is 11.2. The second-order valence-corrected chi connectivity index (χ2v) is 8.26. The number of rotatable bonds is 8. The maximum absolute atomic E-state index is 8.76. The summed E-state index contributed by atoms with van der Waals surface area (Å²) in [6.45, 7) is 5.84. The summed E-state index contributed by atoms with van der Waals surface area (Å²) in [4.78, 5) is 4.23. The highest BCUT2D eigenvalue weighted by Crippen LogP contribution is 2.27. The van der Waals surface area contributed by atoms with E-state index in [-0.39, 0.29) is 0 Å². The smallest absolute Gasteiger partial charge is 0.0716 e. The van der Waals surface area contributed by atoms with Crippen LogP contribution in [0.1, 0.15) is 30.0 Å². The first-order valence-electron chi connectivity index (χ1n) is 11.7. The average molecular weight is 456 g/mol. The molecule has 0 aromatic heterocycles. The zero-order valence-electron chi connectivity index (χ0n) is 19.9. The van der Waals surface area contributed by atoms with Crippen molar-refractivity contribution in [1.29, 1.82) is 5.41 Å². The molecule has 0 spiro atoms. The molecule has 4 aromatic rings. The summed E-state index contributed by atoms with van der Waals surface area (Å²) in [5.41, 5.74) is 12.7. The minimum Gasteiger partial charge on any atom is -0.404 e. The van der Waals surface area contributed by atoms with Gasteiger partial charge in [-0.2, -0.15) is 0 Å². The molecule has 0 bridgehead atoms. The first-order valence-corrected chi connectivity index (χ1v) is 11.7. The molecule has 3 N–H and O–H groups in total. The summed E-state index contributed by atoms with van der Waals surface area (Å²) in [5.74, 6) is 0. The number of fused-ring (bicyclic) bond motifs is 1. The average Bonchev–Trinajstić information content (AvgIpc) is 2.92. The number of nitrogens with zero attached hydrogens (tertiary/aromatic N) is 1. The van der Waals surface area contributed by atoms with Crippen LogP contribution < -0.4 is 5.73 Å². The third-order valence-electron chi connectivity index (χ3n) is 5.91. The van der Waals surface area contributed by atoms with Gasteiger partial charge in [0.1, 0.15) is 0 Å². The first kappa shape index (κ1) is 23.7. The van der Waals surface area contributed by atoms with Crippen LogP contribution in [0.25, 0.3) is 33.2 Å². The highest BCUT2D eigenvalue weighted by molar-refractivity contribution is 6.11. The Hall–Kier alpha value is -4.50. The Balaban J connectivity index is 1.64. The molecule has 0 atom stereocenters. The predicted molar refractivity (Wildman–Crippen MR) is 152 cm³/mol. The van der Waals surface area contributed by atoms with Crippen molar-refractivity contribution in [1.82, 2.24) is 0 Å². The minimum atomic E-state index is 0.376. The molecule has 172 valence electrons. The Labute approximate surface area is 207 Å². The van der Waals surface area contributed by atoms with Crippen molar-refractivity contribution < 1.29 is 0 Å². The summed E-state index contributed by atoms with van der Waals surface area (Å²) >= 11 is 0. The van der Waals surface area contributed by atoms with E-state index in [4.69, 9.17) is 11.1 Å². The predicted octanol–water partition coefficient (Wildman–Crippen LogP) is 7.88. The van der Waals surface area contributed by atoms with Gasteiger partial charge >= 0.3 is 0 Å². The van der Waals surface area contributed by atoms with E-state index in [2.05, 4.69) is 61.1 Å². The van der Waals surface area contributed by atoms with Crippen LogP contribution in [0.15, 0.2) is 120 Å². The fourth-order valence-corrected chi connectivity index (χ4v) is 4.03. The van der Waals surface area contributed by atoms with E-state index in [0.717, 1.165) is 39.8 Å². The fraction of sp³-hybridized carbons (Fsp3) is 0.0625. The van der Waals surface area contributed by atoms with E-state index >= 15 is 0 Å². The standard InChI is InChI=1S/C32H29N3/c1-3-4-9-30(22-33)26-13-8-15-29(20-26)32(35-2)21-31(34)28-14-7-12-25(19-28)27-17-16-23-10-5-6-11-24(23)18-27/h4-22,34H,2-3,33H2,1H3/b9-4-,30-22+,32-21-,34-31?. The van der Waals surface area contributed by atoms with Crippen LogP contribution in [0.2, 0.25) is 0 Å². The number of hydrogen-bond donors (Lipinski definition) is 2. The van der Waals surface area contributed by atoms with Gasteiger partial charge in [0.15, 0.2) is 0 Å². The number of allylic oxidation sites excluding steroid dienone is 4. The molecule has 0 fully saturated rings. The van der Waals surface area contributed by atoms with Crippen LogP contribution in [0.3, 0.4) is 0 Å². The largest absolute Gasteiger partial charge is 0.404 e. The monoisotopic (exact) mass is 455 g/mol. The second-order valence-electron chi connectivity index (χ2n) is 8.26. The van der Waals surface area contributed by atoms with E-state index in [0.29, 0.717) is 11.4 Å². The number of benzene rings is 4. The molecule has 4 rings (SSSR count). The van der Waals surface area contributed by atoms with Crippen molar-refractivity contribution >= 4 is 34.5 Å². The summed E-state index contributed by atoms with van der Waals surface area (Å²) < 4.78 is 0. The molecule has 0 radical (unpaired) electrons. The molecule has 0 aliphatic carbocycles. The Bertz CT molecular complexity index is 1470. The molecule has 0 heterocycles. The molecular formula is C32H29N3. The maximum Gasteiger partial charge on any atom is 0.0716 e. The highest BCUT2D eigenvalue weighted by Gasteiger charge is 2.08. The second kappa shape index (κ2) is 11.1. The highest BCUT2D eigenvalue weighted by atomic mass is 14.7. The van der Waals surface area contributed by atoms with Crippen LogP contribution >= 0.6 is 0 Å². The number of nitrogens with two attached hydrogens (primary N) is 1. The van der Waals surface area contributed by atoms with Crippen LogP contribution in [-0.4, -0.2) is 12.4 Å².